The van der Waals surface area contributed by atoms with E-state index >= 15 is 0 Å². The molecule has 0 aromatic carbocycles. The maximum Gasteiger partial charge on any atom is 0.230 e. The number of anilines is 1. The second-order valence-corrected chi connectivity index (χ2v) is 3.88. The Balaban J connectivity index is 2.49. The van der Waals surface area contributed by atoms with Crippen molar-refractivity contribution >= 4 is 11.7 Å². The number of nitrogens with zero attached hydrogens (tertiary/aromatic N) is 4. The van der Waals surface area contributed by atoms with Crippen molar-refractivity contribution in [1.82, 2.24) is 9.78 Å². The van der Waals surface area contributed by atoms with Gasteiger partial charge >= 0.3 is 0 Å². The van der Waals surface area contributed by atoms with E-state index in [0.29, 0.717) is 17.1 Å². The SMILES string of the molecule is Cc1nn(C)c(N2CC(O)CC2=O)c1C#N. The molecule has 1 unspecified atom stereocenters. The third-order valence-electron chi connectivity index (χ3n) is 2.66. The van der Waals surface area contributed by atoms with Crippen molar-refractivity contribution in [3.05, 3.63) is 11.3 Å². The molecule has 1 saturated heterocycles. The standard InChI is InChI=1S/C10H12N4O2/c1-6-8(4-11)10(13(2)12-6)14-5-7(15)3-9(14)16/h7,15H,3,5H2,1-2H3. The molecule has 1 N–H and O–H groups in total. The van der Waals surface area contributed by atoms with E-state index < -0.39 is 6.10 Å². The molecule has 1 atom stereocenters. The summed E-state index contributed by atoms with van der Waals surface area (Å²) in [5, 5.41) is 22.5. The van der Waals surface area contributed by atoms with Gasteiger partial charge in [0.05, 0.1) is 24.8 Å². The van der Waals surface area contributed by atoms with Gasteiger partial charge in [-0.2, -0.15) is 10.4 Å². The summed E-state index contributed by atoms with van der Waals surface area (Å²) < 4.78 is 1.50. The molecule has 1 aliphatic heterocycles. The smallest absolute Gasteiger partial charge is 0.230 e. The van der Waals surface area contributed by atoms with E-state index in [4.69, 9.17) is 5.26 Å². The summed E-state index contributed by atoms with van der Waals surface area (Å²) in [6.07, 6.45) is -0.552. The summed E-state index contributed by atoms with van der Waals surface area (Å²) in [7, 11) is 1.68. The molecule has 16 heavy (non-hydrogen) atoms. The molecule has 0 aliphatic carbocycles. The van der Waals surface area contributed by atoms with E-state index in [2.05, 4.69) is 5.10 Å². The first-order valence-electron chi connectivity index (χ1n) is 4.96. The maximum absolute atomic E-state index is 11.6. The number of aryl methyl sites for hydroxylation is 2. The van der Waals surface area contributed by atoms with Crippen LogP contribution >= 0.6 is 0 Å². The zero-order chi connectivity index (χ0) is 11.9. The van der Waals surface area contributed by atoms with E-state index in [1.165, 1.54) is 9.58 Å². The van der Waals surface area contributed by atoms with Gasteiger partial charge in [0.1, 0.15) is 11.6 Å². The van der Waals surface area contributed by atoms with Gasteiger partial charge in [-0.15, -0.1) is 0 Å². The predicted octanol–water partition coefficient (Wildman–Crippen LogP) is -0.302. The van der Waals surface area contributed by atoms with Gasteiger partial charge in [0.2, 0.25) is 5.91 Å². The maximum atomic E-state index is 11.6. The monoisotopic (exact) mass is 220 g/mol. The fourth-order valence-corrected chi connectivity index (χ4v) is 1.98. The number of carbonyl (C=O) groups is 1. The van der Waals surface area contributed by atoms with Gasteiger partial charge in [-0.05, 0) is 6.92 Å². The molecule has 1 aromatic heterocycles. The third kappa shape index (κ3) is 1.46. The molecule has 0 saturated carbocycles. The van der Waals surface area contributed by atoms with Crippen LogP contribution in [0.1, 0.15) is 17.7 Å². The van der Waals surface area contributed by atoms with Gasteiger partial charge in [0.25, 0.3) is 0 Å². The van der Waals surface area contributed by atoms with Crippen LogP contribution in [0, 0.1) is 18.3 Å². The Bertz CT molecular complexity index is 486. The van der Waals surface area contributed by atoms with Crippen molar-refractivity contribution in [2.24, 2.45) is 7.05 Å². The largest absolute Gasteiger partial charge is 0.391 e. The van der Waals surface area contributed by atoms with Crippen LogP contribution in [0.4, 0.5) is 5.82 Å². The van der Waals surface area contributed by atoms with Crippen LogP contribution in [0.5, 0.6) is 0 Å². The predicted molar refractivity (Wildman–Crippen MR) is 55.6 cm³/mol. The summed E-state index contributed by atoms with van der Waals surface area (Å²) in [6, 6.07) is 2.04. The molecule has 0 radical (unpaired) electrons. The molecule has 1 fully saturated rings. The summed E-state index contributed by atoms with van der Waals surface area (Å²) >= 11 is 0. The lowest BCUT2D eigenvalue weighted by molar-refractivity contribution is -0.117. The second-order valence-electron chi connectivity index (χ2n) is 3.88. The number of hydrogen-bond acceptors (Lipinski definition) is 4. The lowest BCUT2D eigenvalue weighted by Gasteiger charge is -2.15. The van der Waals surface area contributed by atoms with Crippen LogP contribution < -0.4 is 4.90 Å². The molecule has 2 heterocycles. The second kappa shape index (κ2) is 3.61. The highest BCUT2D eigenvalue weighted by molar-refractivity contribution is 5.96. The van der Waals surface area contributed by atoms with Crippen molar-refractivity contribution < 1.29 is 9.90 Å². The Hall–Kier alpha value is -1.87. The van der Waals surface area contributed by atoms with Crippen LogP contribution in [0.2, 0.25) is 0 Å². The molecule has 0 bridgehead atoms. The van der Waals surface area contributed by atoms with Crippen molar-refractivity contribution in [2.75, 3.05) is 11.4 Å². The minimum absolute atomic E-state index is 0.106. The van der Waals surface area contributed by atoms with Crippen LogP contribution in [-0.4, -0.2) is 33.4 Å². The first-order valence-corrected chi connectivity index (χ1v) is 4.96. The van der Waals surface area contributed by atoms with Crippen molar-refractivity contribution in [2.45, 2.75) is 19.4 Å². The molecule has 1 aliphatic rings. The normalized spacial score (nSPS) is 20.2. The molecule has 2 rings (SSSR count). The minimum atomic E-state index is -0.658. The number of aliphatic hydroxyl groups is 1. The van der Waals surface area contributed by atoms with Gasteiger partial charge < -0.3 is 5.11 Å². The molecule has 0 spiro atoms. The van der Waals surface area contributed by atoms with Crippen molar-refractivity contribution in [3.8, 4) is 6.07 Å². The van der Waals surface area contributed by atoms with Crippen molar-refractivity contribution in [3.63, 3.8) is 0 Å². The first kappa shape index (κ1) is 10.6. The number of β-amino-alcohol motifs (C(OH)–C–C–N with tert-alkyl or cyclic N) is 1. The number of amides is 1. The Morgan fingerprint density at radius 3 is 2.81 bits per heavy atom. The fourth-order valence-electron chi connectivity index (χ4n) is 1.98. The van der Waals surface area contributed by atoms with Gasteiger partial charge in [0, 0.05) is 7.05 Å². The molecule has 6 heteroatoms. The van der Waals surface area contributed by atoms with Crippen LogP contribution in [0.25, 0.3) is 0 Å². The first-order chi connectivity index (χ1) is 7.54. The number of nitriles is 1. The zero-order valence-corrected chi connectivity index (χ0v) is 9.14. The Morgan fingerprint density at radius 1 is 1.62 bits per heavy atom. The quantitative estimate of drug-likeness (QED) is 0.704. The number of rotatable bonds is 1. The molecular formula is C10H12N4O2. The highest BCUT2D eigenvalue weighted by Gasteiger charge is 2.33. The van der Waals surface area contributed by atoms with Gasteiger partial charge in [-0.3, -0.25) is 14.4 Å². The molecule has 1 aromatic rings. The highest BCUT2D eigenvalue weighted by atomic mass is 16.3. The van der Waals surface area contributed by atoms with Crippen LogP contribution in [0.15, 0.2) is 0 Å². The molecule has 84 valence electrons. The average Bonchev–Trinajstić information content (AvgIpc) is 2.66. The van der Waals surface area contributed by atoms with E-state index in [1.54, 1.807) is 14.0 Å². The topological polar surface area (TPSA) is 82.2 Å². The van der Waals surface area contributed by atoms with Gasteiger partial charge in [-0.1, -0.05) is 0 Å². The minimum Gasteiger partial charge on any atom is -0.391 e. The molecule has 1 amide bonds. The van der Waals surface area contributed by atoms with E-state index in [-0.39, 0.29) is 18.9 Å². The molecule has 6 nitrogen and oxygen atoms in total. The lowest BCUT2D eigenvalue weighted by atomic mass is 10.2. The summed E-state index contributed by atoms with van der Waals surface area (Å²) in [5.74, 6) is 0.300. The van der Waals surface area contributed by atoms with Gasteiger partial charge in [0.15, 0.2) is 5.82 Å². The Labute approximate surface area is 92.7 Å². The third-order valence-corrected chi connectivity index (χ3v) is 2.66. The van der Waals surface area contributed by atoms with E-state index in [0.717, 1.165) is 0 Å². The van der Waals surface area contributed by atoms with E-state index in [1.807, 2.05) is 6.07 Å². The van der Waals surface area contributed by atoms with Crippen molar-refractivity contribution in [1.29, 1.82) is 5.26 Å². The summed E-state index contributed by atoms with van der Waals surface area (Å²) in [6.45, 7) is 1.95. The summed E-state index contributed by atoms with van der Waals surface area (Å²) in [4.78, 5) is 13.1. The molecular weight excluding hydrogens is 208 g/mol. The number of aliphatic hydroxyl groups excluding tert-OH is 1. The van der Waals surface area contributed by atoms with Gasteiger partial charge in [-0.25, -0.2) is 0 Å². The Kier molecular flexibility index (Phi) is 2.40. The number of aromatic nitrogens is 2. The highest BCUT2D eigenvalue weighted by Crippen LogP contribution is 2.26. The lowest BCUT2D eigenvalue weighted by Crippen LogP contribution is -2.28. The van der Waals surface area contributed by atoms with E-state index in [9.17, 15) is 9.90 Å². The van der Waals surface area contributed by atoms with Crippen LogP contribution in [-0.2, 0) is 11.8 Å². The number of hydrogen-bond donors (Lipinski definition) is 1. The van der Waals surface area contributed by atoms with Crippen LogP contribution in [0.3, 0.4) is 0 Å². The zero-order valence-electron chi connectivity index (χ0n) is 9.14. The average molecular weight is 220 g/mol. The number of carbonyl (C=O) groups excluding carboxylic acids is 1. The Morgan fingerprint density at radius 2 is 2.31 bits per heavy atom. The summed E-state index contributed by atoms with van der Waals surface area (Å²) in [5.41, 5.74) is 0.985. The fraction of sp³-hybridized carbons (Fsp3) is 0.500.